The molecule has 1 aliphatic carbocycles. The Kier molecular flexibility index (Phi) is 8.47. The number of ether oxygens (including phenoxy) is 2. The zero-order valence-corrected chi connectivity index (χ0v) is 25.6. The number of methoxy groups -OCH3 is 2. The Morgan fingerprint density at radius 3 is 2.12 bits per heavy atom. The lowest BCUT2D eigenvalue weighted by Crippen LogP contribution is -2.48. The van der Waals surface area contributed by atoms with Crippen molar-refractivity contribution in [3.63, 3.8) is 0 Å². The summed E-state index contributed by atoms with van der Waals surface area (Å²) >= 11 is 3.71. The van der Waals surface area contributed by atoms with Crippen molar-refractivity contribution in [1.82, 2.24) is 9.47 Å². The highest BCUT2D eigenvalue weighted by Gasteiger charge is 2.50. The number of benzene rings is 3. The monoisotopic (exact) mass is 598 g/mol. The Balaban J connectivity index is 1.48. The van der Waals surface area contributed by atoms with Crippen LogP contribution < -0.4 is 0 Å². The lowest BCUT2D eigenvalue weighted by atomic mass is 9.68. The fraction of sp³-hybridized carbons (Fsp3) is 0.294. The van der Waals surface area contributed by atoms with Crippen LogP contribution >= 0.6 is 23.5 Å². The molecule has 3 aromatic carbocycles. The molecule has 4 aromatic rings. The molecule has 42 heavy (non-hydrogen) atoms. The van der Waals surface area contributed by atoms with Gasteiger partial charge in [0.2, 0.25) is 0 Å². The van der Waals surface area contributed by atoms with Crippen LogP contribution in [-0.4, -0.2) is 53.4 Å². The van der Waals surface area contributed by atoms with E-state index >= 15 is 0 Å². The van der Waals surface area contributed by atoms with Crippen LogP contribution in [0.1, 0.15) is 36.6 Å². The van der Waals surface area contributed by atoms with Gasteiger partial charge in [0, 0.05) is 34.2 Å². The molecule has 2 heterocycles. The number of hydrogen-bond acceptors (Lipinski definition) is 7. The van der Waals surface area contributed by atoms with E-state index in [9.17, 15) is 9.59 Å². The lowest BCUT2D eigenvalue weighted by molar-refractivity contribution is -0.144. The van der Waals surface area contributed by atoms with Gasteiger partial charge in [0.05, 0.1) is 42.0 Å². The van der Waals surface area contributed by atoms with Crippen molar-refractivity contribution < 1.29 is 19.1 Å². The number of nitrogens with zero attached hydrogens (tertiary/aromatic N) is 2. The van der Waals surface area contributed by atoms with E-state index in [1.165, 1.54) is 29.6 Å². The Morgan fingerprint density at radius 2 is 1.52 bits per heavy atom. The predicted molar refractivity (Wildman–Crippen MR) is 169 cm³/mol. The average Bonchev–Trinajstić information content (AvgIpc) is 3.37. The van der Waals surface area contributed by atoms with Gasteiger partial charge in [-0.2, -0.15) is 0 Å². The summed E-state index contributed by atoms with van der Waals surface area (Å²) in [5, 5.41) is 0.897. The van der Waals surface area contributed by atoms with Crippen molar-refractivity contribution in [1.29, 1.82) is 0 Å². The van der Waals surface area contributed by atoms with Crippen LogP contribution in [-0.2, 0) is 14.3 Å². The summed E-state index contributed by atoms with van der Waals surface area (Å²) in [6.45, 7) is 3.55. The molecular weight excluding hydrogens is 565 g/mol. The summed E-state index contributed by atoms with van der Waals surface area (Å²) in [7, 11) is 2.86. The van der Waals surface area contributed by atoms with Crippen molar-refractivity contribution in [3.05, 3.63) is 108 Å². The second-order valence-electron chi connectivity index (χ2n) is 10.6. The fourth-order valence-corrected chi connectivity index (χ4v) is 9.19. The molecule has 0 saturated carbocycles. The highest BCUT2D eigenvalue weighted by molar-refractivity contribution is 8.17. The van der Waals surface area contributed by atoms with Gasteiger partial charge in [-0.25, -0.2) is 9.36 Å². The molecule has 6 rings (SSSR count). The van der Waals surface area contributed by atoms with E-state index in [-0.39, 0.29) is 22.5 Å². The van der Waals surface area contributed by atoms with E-state index in [1.807, 2.05) is 59.9 Å². The molecule has 2 bridgehead atoms. The molecule has 6 nitrogen and oxygen atoms in total. The zero-order chi connectivity index (χ0) is 29.2. The summed E-state index contributed by atoms with van der Waals surface area (Å²) in [6.07, 6.45) is 2.44. The Labute approximate surface area is 255 Å². The minimum Gasteiger partial charge on any atom is -0.469 e. The number of likely N-dealkylation sites (tertiary alicyclic amines) is 1. The van der Waals surface area contributed by atoms with Crippen molar-refractivity contribution >= 4 is 46.5 Å². The number of esters is 1. The van der Waals surface area contributed by atoms with Gasteiger partial charge in [-0.1, -0.05) is 66.2 Å². The van der Waals surface area contributed by atoms with Crippen LogP contribution in [0.15, 0.2) is 106 Å². The average molecular weight is 599 g/mol. The first-order valence-electron chi connectivity index (χ1n) is 14.2. The number of piperidine rings is 1. The largest absolute Gasteiger partial charge is 0.469 e. The summed E-state index contributed by atoms with van der Waals surface area (Å²) in [6, 6.07) is 28.7. The van der Waals surface area contributed by atoms with Crippen LogP contribution in [0, 0.1) is 5.92 Å². The molecule has 0 spiro atoms. The number of carbonyl (C=O) groups excluding carboxylic acids is 2. The maximum absolute atomic E-state index is 13.5. The third-order valence-corrected chi connectivity index (χ3v) is 10.8. The first-order chi connectivity index (χ1) is 20.5. The molecular formula is C34H34N2O4S2. The molecule has 3 atom stereocenters. The standard InChI is InChI=1S/C34H34N2O4S2/c1-4-22-20-35(21-29(41-23-13-7-5-8-14-23)42-24-15-9-6-10-16-24)28-19-26(22)31(33(37)39-2)30-25-17-11-12-18-27(25)36(32(28)30)34(38)40-3/h4-18,26,28-29,31H,19-21H2,1-3H3/b22-4-/t26-,28-,31-/m0/s1. The zero-order valence-electron chi connectivity index (χ0n) is 23.9. The van der Waals surface area contributed by atoms with Crippen molar-refractivity contribution in [2.75, 3.05) is 27.3 Å². The van der Waals surface area contributed by atoms with E-state index < -0.39 is 12.0 Å². The minimum atomic E-state index is -0.487. The van der Waals surface area contributed by atoms with Gasteiger partial charge in [0.25, 0.3) is 0 Å². The first kappa shape index (κ1) is 28.6. The SMILES string of the molecule is C/C=C1/CN(CC(Sc2ccccc2)Sc2ccccc2)[C@H]2C[C@@H]1[C@H](C(=O)OC)c1c2n(C(=O)OC)c2ccccc12. The van der Waals surface area contributed by atoms with Crippen LogP contribution in [0.25, 0.3) is 10.9 Å². The number of carbonyl (C=O) groups is 2. The Morgan fingerprint density at radius 1 is 0.905 bits per heavy atom. The topological polar surface area (TPSA) is 60.8 Å². The maximum atomic E-state index is 13.5. The highest BCUT2D eigenvalue weighted by Crippen LogP contribution is 2.54. The summed E-state index contributed by atoms with van der Waals surface area (Å²) in [5.41, 5.74) is 3.72. The number of aromatic nitrogens is 1. The van der Waals surface area contributed by atoms with Crippen molar-refractivity contribution in [2.45, 2.75) is 39.7 Å². The molecule has 216 valence electrons. The lowest BCUT2D eigenvalue weighted by Gasteiger charge is -2.48. The fourth-order valence-electron chi connectivity index (χ4n) is 6.56. The first-order valence-corrected chi connectivity index (χ1v) is 15.9. The van der Waals surface area contributed by atoms with Gasteiger partial charge in [0.1, 0.15) is 0 Å². The quantitative estimate of drug-likeness (QED) is 0.0933. The van der Waals surface area contributed by atoms with E-state index in [0.29, 0.717) is 6.54 Å². The van der Waals surface area contributed by atoms with E-state index in [4.69, 9.17) is 9.47 Å². The molecule has 8 heteroatoms. The molecule has 1 aromatic heterocycles. The minimum absolute atomic E-state index is 0.00453. The molecule has 0 N–H and O–H groups in total. The number of para-hydroxylation sites is 1. The second kappa shape index (κ2) is 12.4. The van der Waals surface area contributed by atoms with Gasteiger partial charge in [-0.15, -0.1) is 23.5 Å². The van der Waals surface area contributed by atoms with Gasteiger partial charge in [-0.05, 0) is 49.2 Å². The second-order valence-corrected chi connectivity index (χ2v) is 13.4. The number of allylic oxidation sites excluding steroid dienone is 1. The Hall–Kier alpha value is -3.46. The molecule has 2 aliphatic rings. The van der Waals surface area contributed by atoms with Crippen LogP contribution in [0.3, 0.4) is 0 Å². The Bertz CT molecular complexity index is 1580. The van der Waals surface area contributed by atoms with E-state index in [2.05, 4.69) is 66.4 Å². The summed E-state index contributed by atoms with van der Waals surface area (Å²) < 4.78 is 12.6. The molecule has 0 radical (unpaired) electrons. The highest BCUT2D eigenvalue weighted by atomic mass is 32.2. The van der Waals surface area contributed by atoms with Crippen molar-refractivity contribution in [3.8, 4) is 0 Å². The van der Waals surface area contributed by atoms with Gasteiger partial charge >= 0.3 is 12.1 Å². The van der Waals surface area contributed by atoms with Crippen molar-refractivity contribution in [2.24, 2.45) is 5.92 Å². The summed E-state index contributed by atoms with van der Waals surface area (Å²) in [4.78, 5) is 31.8. The smallest absolute Gasteiger partial charge is 0.418 e. The van der Waals surface area contributed by atoms with Crippen LogP contribution in [0.2, 0.25) is 0 Å². The van der Waals surface area contributed by atoms with Gasteiger partial charge in [-0.3, -0.25) is 9.69 Å². The van der Waals surface area contributed by atoms with Crippen LogP contribution in [0.5, 0.6) is 0 Å². The summed E-state index contributed by atoms with van der Waals surface area (Å²) in [5.74, 6) is -0.758. The third-order valence-electron chi connectivity index (χ3n) is 8.35. The molecule has 1 fully saturated rings. The number of rotatable bonds is 7. The maximum Gasteiger partial charge on any atom is 0.418 e. The van der Waals surface area contributed by atoms with E-state index in [0.717, 1.165) is 35.1 Å². The molecule has 0 amide bonds. The molecule has 1 saturated heterocycles. The molecule has 0 unspecified atom stereocenters. The number of hydrogen-bond donors (Lipinski definition) is 0. The number of fused-ring (bicyclic) bond motifs is 6. The third kappa shape index (κ3) is 5.27. The normalized spacial score (nSPS) is 21.0. The van der Waals surface area contributed by atoms with Crippen LogP contribution in [0.4, 0.5) is 4.79 Å². The van der Waals surface area contributed by atoms with E-state index in [1.54, 1.807) is 4.57 Å². The molecule has 1 aliphatic heterocycles. The number of thioether (sulfide) groups is 2. The van der Waals surface area contributed by atoms with Gasteiger partial charge < -0.3 is 9.47 Å². The van der Waals surface area contributed by atoms with Gasteiger partial charge in [0.15, 0.2) is 0 Å². The predicted octanol–water partition coefficient (Wildman–Crippen LogP) is 7.75.